The minimum Gasteiger partial charge on any atom is -0.488 e. The normalized spacial score (nSPS) is 16.6. The molecule has 0 atom stereocenters. The predicted molar refractivity (Wildman–Crippen MR) is 81.3 cm³/mol. The van der Waals surface area contributed by atoms with E-state index in [-0.39, 0.29) is 11.1 Å². The van der Waals surface area contributed by atoms with Crippen molar-refractivity contribution in [2.45, 2.75) is 0 Å². The van der Waals surface area contributed by atoms with Crippen molar-refractivity contribution in [3.8, 4) is 5.75 Å². The van der Waals surface area contributed by atoms with E-state index in [1.165, 1.54) is 0 Å². The topological polar surface area (TPSA) is 62.2 Å². The lowest BCUT2D eigenvalue weighted by atomic mass is 10.2. The lowest BCUT2D eigenvalue weighted by Crippen LogP contribution is -2.18. The second kappa shape index (κ2) is 6.08. The minimum absolute atomic E-state index is 0.154. The quantitative estimate of drug-likeness (QED) is 0.654. The molecule has 0 spiro atoms. The maximum absolute atomic E-state index is 11.5. The van der Waals surface area contributed by atoms with Crippen LogP contribution in [0.1, 0.15) is 5.56 Å². The van der Waals surface area contributed by atoms with Gasteiger partial charge in [0.1, 0.15) is 12.4 Å². The summed E-state index contributed by atoms with van der Waals surface area (Å²) in [5.41, 5.74) is 0.866. The summed E-state index contributed by atoms with van der Waals surface area (Å²) in [6.07, 6.45) is 3.41. The number of benzene rings is 1. The Kier molecular flexibility index (Phi) is 4.44. The summed E-state index contributed by atoms with van der Waals surface area (Å²) in [5, 5.41) is 9.97. The van der Waals surface area contributed by atoms with Gasteiger partial charge in [0.15, 0.2) is 5.17 Å². The monoisotopic (exact) mass is 338 g/mol. The van der Waals surface area contributed by atoms with Crippen molar-refractivity contribution in [2.24, 2.45) is 0 Å². The number of carbonyl (C=O) groups is 1. The molecule has 1 aliphatic heterocycles. The molecule has 0 bridgehead atoms. The highest BCUT2D eigenvalue weighted by Crippen LogP contribution is 2.29. The number of thioether (sulfide) groups is 1. The standard InChI is InChI=1S/C13H11BrN2O2S/c1-2-5-18-10-4-3-8(6-9(10)14)7-11-12(17)16-13(15)19-11/h2-4,6-7H,1,5H2,(H2,15,16,17)/b11-7+. The molecule has 4 nitrogen and oxygen atoms in total. The van der Waals surface area contributed by atoms with Crippen molar-refractivity contribution in [3.63, 3.8) is 0 Å². The van der Waals surface area contributed by atoms with Crippen molar-refractivity contribution in [3.05, 3.63) is 45.8 Å². The fraction of sp³-hybridized carbons (Fsp3) is 0.0769. The molecule has 6 heteroatoms. The molecule has 0 saturated carbocycles. The van der Waals surface area contributed by atoms with Crippen molar-refractivity contribution < 1.29 is 9.53 Å². The maximum atomic E-state index is 11.5. The number of nitrogens with one attached hydrogen (secondary N) is 2. The number of ether oxygens (including phenoxy) is 1. The molecule has 1 heterocycles. The summed E-state index contributed by atoms with van der Waals surface area (Å²) in [5.74, 6) is 0.483. The van der Waals surface area contributed by atoms with E-state index >= 15 is 0 Å². The van der Waals surface area contributed by atoms with E-state index in [9.17, 15) is 4.79 Å². The molecule has 0 unspecified atom stereocenters. The summed E-state index contributed by atoms with van der Waals surface area (Å²) < 4.78 is 6.25. The Morgan fingerprint density at radius 3 is 2.89 bits per heavy atom. The second-order valence-electron chi connectivity index (χ2n) is 3.68. The minimum atomic E-state index is -0.238. The lowest BCUT2D eigenvalue weighted by Gasteiger charge is -2.06. The molecule has 0 aliphatic carbocycles. The van der Waals surface area contributed by atoms with Crippen LogP contribution in [-0.2, 0) is 4.79 Å². The lowest BCUT2D eigenvalue weighted by molar-refractivity contribution is -0.115. The van der Waals surface area contributed by atoms with Gasteiger partial charge in [-0.05, 0) is 51.5 Å². The average molecular weight is 339 g/mol. The van der Waals surface area contributed by atoms with Gasteiger partial charge in [-0.15, -0.1) is 0 Å². The maximum Gasteiger partial charge on any atom is 0.264 e. The molecular formula is C13H11BrN2O2S. The Morgan fingerprint density at radius 1 is 1.53 bits per heavy atom. The van der Waals surface area contributed by atoms with Gasteiger partial charge >= 0.3 is 0 Å². The number of amides is 1. The van der Waals surface area contributed by atoms with Crippen molar-refractivity contribution >= 4 is 44.8 Å². The summed E-state index contributed by atoms with van der Waals surface area (Å²) in [7, 11) is 0. The molecule has 1 fully saturated rings. The third kappa shape index (κ3) is 3.48. The molecule has 1 amide bonds. The highest BCUT2D eigenvalue weighted by Gasteiger charge is 2.22. The zero-order valence-electron chi connectivity index (χ0n) is 9.90. The van der Waals surface area contributed by atoms with Gasteiger partial charge in [-0.2, -0.15) is 0 Å². The van der Waals surface area contributed by atoms with E-state index in [2.05, 4.69) is 27.8 Å². The van der Waals surface area contributed by atoms with E-state index in [0.29, 0.717) is 11.5 Å². The zero-order valence-corrected chi connectivity index (χ0v) is 12.3. The summed E-state index contributed by atoms with van der Waals surface area (Å²) >= 11 is 4.53. The number of hydrogen-bond acceptors (Lipinski definition) is 4. The van der Waals surface area contributed by atoms with E-state index in [1.54, 1.807) is 12.2 Å². The average Bonchev–Trinajstić information content (AvgIpc) is 2.67. The third-order valence-electron chi connectivity index (χ3n) is 2.27. The molecule has 1 saturated heterocycles. The Morgan fingerprint density at radius 2 is 2.32 bits per heavy atom. The van der Waals surface area contributed by atoms with Gasteiger partial charge in [0.2, 0.25) is 0 Å². The zero-order chi connectivity index (χ0) is 13.8. The fourth-order valence-corrected chi connectivity index (χ4v) is 2.68. The van der Waals surface area contributed by atoms with Crippen molar-refractivity contribution in [1.29, 1.82) is 5.41 Å². The van der Waals surface area contributed by atoms with Crippen LogP contribution in [0, 0.1) is 5.41 Å². The Hall–Kier alpha value is -1.53. The number of halogens is 1. The molecule has 0 radical (unpaired) electrons. The summed E-state index contributed by atoms with van der Waals surface area (Å²) in [6.45, 7) is 4.03. The SMILES string of the molecule is C=CCOc1ccc(/C=C2/SC(=N)NC2=O)cc1Br. The van der Waals surface area contributed by atoms with Gasteiger partial charge in [-0.25, -0.2) is 0 Å². The van der Waals surface area contributed by atoms with Crippen LogP contribution in [0.25, 0.3) is 6.08 Å². The van der Waals surface area contributed by atoms with Gasteiger partial charge in [-0.3, -0.25) is 10.2 Å². The molecule has 1 aromatic carbocycles. The molecule has 0 aromatic heterocycles. The molecule has 2 N–H and O–H groups in total. The molecule has 1 aromatic rings. The van der Waals surface area contributed by atoms with Gasteiger partial charge < -0.3 is 10.1 Å². The van der Waals surface area contributed by atoms with Gasteiger partial charge in [0.25, 0.3) is 5.91 Å². The number of amidine groups is 1. The highest BCUT2D eigenvalue weighted by molar-refractivity contribution is 9.10. The molecule has 2 rings (SSSR count). The van der Waals surface area contributed by atoms with Crippen LogP contribution in [0.4, 0.5) is 0 Å². The second-order valence-corrected chi connectivity index (χ2v) is 5.59. The number of hydrogen-bond donors (Lipinski definition) is 2. The Labute approximate surface area is 123 Å². The van der Waals surface area contributed by atoms with Crippen LogP contribution in [-0.4, -0.2) is 17.7 Å². The first kappa shape index (κ1) is 13.9. The van der Waals surface area contributed by atoms with Crippen LogP contribution in [0.5, 0.6) is 5.75 Å². The van der Waals surface area contributed by atoms with Gasteiger partial charge in [0.05, 0.1) is 9.38 Å². The number of carbonyl (C=O) groups excluding carboxylic acids is 1. The van der Waals surface area contributed by atoms with Crippen LogP contribution in [0.3, 0.4) is 0 Å². The van der Waals surface area contributed by atoms with Crippen LogP contribution in [0.2, 0.25) is 0 Å². The Bertz CT molecular complexity index is 584. The highest BCUT2D eigenvalue weighted by atomic mass is 79.9. The summed E-state index contributed by atoms with van der Waals surface area (Å²) in [6, 6.07) is 5.54. The molecule has 98 valence electrons. The van der Waals surface area contributed by atoms with Gasteiger partial charge in [0, 0.05) is 0 Å². The van der Waals surface area contributed by atoms with E-state index in [4.69, 9.17) is 10.1 Å². The first-order chi connectivity index (χ1) is 9.10. The molecule has 1 aliphatic rings. The number of rotatable bonds is 4. The summed E-state index contributed by atoms with van der Waals surface area (Å²) in [4.78, 5) is 12.0. The largest absolute Gasteiger partial charge is 0.488 e. The first-order valence-electron chi connectivity index (χ1n) is 5.43. The fourth-order valence-electron chi connectivity index (χ4n) is 1.47. The van der Waals surface area contributed by atoms with Crippen LogP contribution >= 0.6 is 27.7 Å². The smallest absolute Gasteiger partial charge is 0.264 e. The Balaban J connectivity index is 2.20. The van der Waals surface area contributed by atoms with E-state index < -0.39 is 0 Å². The van der Waals surface area contributed by atoms with Crippen LogP contribution < -0.4 is 10.1 Å². The van der Waals surface area contributed by atoms with Crippen molar-refractivity contribution in [2.75, 3.05) is 6.61 Å². The first-order valence-corrected chi connectivity index (χ1v) is 7.04. The molecular weight excluding hydrogens is 328 g/mol. The van der Waals surface area contributed by atoms with Gasteiger partial charge in [-0.1, -0.05) is 18.7 Å². The van der Waals surface area contributed by atoms with E-state index in [1.807, 2.05) is 18.2 Å². The van der Waals surface area contributed by atoms with Crippen molar-refractivity contribution in [1.82, 2.24) is 5.32 Å². The van der Waals surface area contributed by atoms with E-state index in [0.717, 1.165) is 27.5 Å². The third-order valence-corrected chi connectivity index (χ3v) is 3.72. The predicted octanol–water partition coefficient (Wildman–Crippen LogP) is 3.15. The molecule has 19 heavy (non-hydrogen) atoms. The van der Waals surface area contributed by atoms with Crippen LogP contribution in [0.15, 0.2) is 40.2 Å².